The van der Waals surface area contributed by atoms with Gasteiger partial charge in [0, 0.05) is 11.0 Å². The summed E-state index contributed by atoms with van der Waals surface area (Å²) in [5.74, 6) is -0.686. The van der Waals surface area contributed by atoms with Crippen LogP contribution in [0.15, 0.2) is 53.0 Å². The van der Waals surface area contributed by atoms with E-state index in [4.69, 9.17) is 0 Å². The number of halogens is 2. The predicted molar refractivity (Wildman–Crippen MR) is 89.3 cm³/mol. The van der Waals surface area contributed by atoms with Gasteiger partial charge in [-0.05, 0) is 53.6 Å². The number of hydrogen-bond donors (Lipinski definition) is 1. The third kappa shape index (κ3) is 4.02. The van der Waals surface area contributed by atoms with Crippen LogP contribution in [0.4, 0.5) is 4.39 Å². The maximum absolute atomic E-state index is 12.8. The fraction of sp³-hybridized carbons (Fsp3) is 0.125. The number of carbonyl (C=O) groups is 1. The van der Waals surface area contributed by atoms with Gasteiger partial charge < -0.3 is 5.32 Å². The Bertz CT molecular complexity index is 832. The molecule has 3 aromatic rings. The average molecular weight is 390 g/mol. The van der Waals surface area contributed by atoms with Crippen molar-refractivity contribution in [3.05, 3.63) is 70.2 Å². The maximum atomic E-state index is 12.8. The van der Waals surface area contributed by atoms with E-state index < -0.39 is 5.91 Å². The van der Waals surface area contributed by atoms with Crippen LogP contribution in [0.25, 0.3) is 5.69 Å². The van der Waals surface area contributed by atoms with Crippen molar-refractivity contribution in [1.82, 2.24) is 25.5 Å². The zero-order valence-corrected chi connectivity index (χ0v) is 14.1. The lowest BCUT2D eigenvalue weighted by molar-refractivity contribution is 0.0943. The number of carbonyl (C=O) groups excluding carboxylic acids is 1. The highest BCUT2D eigenvalue weighted by Gasteiger charge is 2.13. The van der Waals surface area contributed by atoms with Gasteiger partial charge in [0.1, 0.15) is 5.82 Å². The summed E-state index contributed by atoms with van der Waals surface area (Å²) < 4.78 is 13.8. The molecule has 0 bridgehead atoms. The number of amides is 1. The number of nitrogens with one attached hydrogen (secondary N) is 1. The van der Waals surface area contributed by atoms with Gasteiger partial charge in [0.25, 0.3) is 11.7 Å². The normalized spacial score (nSPS) is 10.6. The summed E-state index contributed by atoms with van der Waals surface area (Å²) in [7, 11) is 0. The van der Waals surface area contributed by atoms with Crippen molar-refractivity contribution >= 4 is 21.8 Å². The first-order valence-electron chi connectivity index (χ1n) is 7.20. The summed E-state index contributed by atoms with van der Waals surface area (Å²) in [5, 5.41) is 14.4. The Morgan fingerprint density at radius 2 is 1.83 bits per heavy atom. The van der Waals surface area contributed by atoms with Gasteiger partial charge in [-0.15, -0.1) is 15.0 Å². The molecule has 0 spiro atoms. The van der Waals surface area contributed by atoms with Crippen molar-refractivity contribution in [3.8, 4) is 5.69 Å². The summed E-state index contributed by atoms with van der Waals surface area (Å²) in [6, 6.07) is 13.5. The summed E-state index contributed by atoms with van der Waals surface area (Å²) in [6.45, 7) is 0.400. The van der Waals surface area contributed by atoms with Crippen molar-refractivity contribution in [1.29, 1.82) is 0 Å². The summed E-state index contributed by atoms with van der Waals surface area (Å²) in [5.41, 5.74) is 1.64. The van der Waals surface area contributed by atoms with Crippen LogP contribution in [0.3, 0.4) is 0 Å². The molecule has 0 fully saturated rings. The van der Waals surface area contributed by atoms with Gasteiger partial charge in [0.2, 0.25) is 0 Å². The third-order valence-electron chi connectivity index (χ3n) is 3.29. The minimum atomic E-state index is -0.402. The topological polar surface area (TPSA) is 72.7 Å². The van der Waals surface area contributed by atoms with Gasteiger partial charge in [-0.2, -0.15) is 0 Å². The molecular weight excluding hydrogens is 377 g/mol. The van der Waals surface area contributed by atoms with E-state index in [9.17, 15) is 9.18 Å². The van der Waals surface area contributed by atoms with Gasteiger partial charge in [-0.3, -0.25) is 4.79 Å². The molecule has 24 heavy (non-hydrogen) atoms. The van der Waals surface area contributed by atoms with Crippen molar-refractivity contribution in [3.63, 3.8) is 0 Å². The molecule has 0 radical (unpaired) electrons. The quantitative estimate of drug-likeness (QED) is 0.727. The second-order valence-corrected chi connectivity index (χ2v) is 5.93. The fourth-order valence-corrected chi connectivity index (χ4v) is 2.30. The molecule has 3 rings (SSSR count). The van der Waals surface area contributed by atoms with Gasteiger partial charge in [-0.1, -0.05) is 28.1 Å². The lowest BCUT2D eigenvalue weighted by Crippen LogP contribution is -2.26. The molecule has 8 heteroatoms. The van der Waals surface area contributed by atoms with Crippen LogP contribution >= 0.6 is 15.9 Å². The molecule has 0 aliphatic heterocycles. The monoisotopic (exact) mass is 389 g/mol. The highest BCUT2D eigenvalue weighted by atomic mass is 79.9. The zero-order valence-electron chi connectivity index (χ0n) is 12.5. The highest BCUT2D eigenvalue weighted by molar-refractivity contribution is 9.10. The lowest BCUT2D eigenvalue weighted by atomic mass is 10.1. The predicted octanol–water partition coefficient (Wildman–Crippen LogP) is 2.54. The molecule has 1 N–H and O–H groups in total. The minimum absolute atomic E-state index is 0.00275. The maximum Gasteiger partial charge on any atom is 0.292 e. The molecule has 0 saturated heterocycles. The number of tetrazole rings is 1. The molecule has 0 aliphatic rings. The average Bonchev–Trinajstić information content (AvgIpc) is 3.07. The number of benzene rings is 2. The first-order chi connectivity index (χ1) is 11.6. The van der Waals surface area contributed by atoms with Gasteiger partial charge in [-0.25, -0.2) is 4.39 Å². The summed E-state index contributed by atoms with van der Waals surface area (Å²) in [6.07, 6.45) is 0.590. The largest absolute Gasteiger partial charge is 0.349 e. The van der Waals surface area contributed by atoms with E-state index >= 15 is 0 Å². The molecule has 1 heterocycles. The fourth-order valence-electron chi connectivity index (χ4n) is 2.04. The van der Waals surface area contributed by atoms with Crippen LogP contribution in [-0.4, -0.2) is 32.7 Å². The standard InChI is InChI=1S/C16H13BrFN5O/c17-12-3-7-14(8-4-12)23-21-15(20-22-23)16(24)19-10-9-11-1-5-13(18)6-2-11/h1-8H,9-10H2,(H,19,24). The second-order valence-electron chi connectivity index (χ2n) is 5.01. The van der Waals surface area contributed by atoms with Gasteiger partial charge in [0.05, 0.1) is 5.69 Å². The van der Waals surface area contributed by atoms with Crippen molar-refractivity contribution in [2.45, 2.75) is 6.42 Å². The Morgan fingerprint density at radius 1 is 1.12 bits per heavy atom. The number of hydrogen-bond acceptors (Lipinski definition) is 4. The van der Waals surface area contributed by atoms with E-state index in [1.54, 1.807) is 12.1 Å². The van der Waals surface area contributed by atoms with E-state index in [0.717, 1.165) is 10.0 Å². The molecule has 0 aliphatic carbocycles. The Hall–Kier alpha value is -2.61. The van der Waals surface area contributed by atoms with Crippen molar-refractivity contribution < 1.29 is 9.18 Å². The second kappa shape index (κ2) is 7.31. The van der Waals surface area contributed by atoms with E-state index in [2.05, 4.69) is 36.7 Å². The molecule has 6 nitrogen and oxygen atoms in total. The van der Waals surface area contributed by atoms with Crippen LogP contribution in [0.1, 0.15) is 16.2 Å². The van der Waals surface area contributed by atoms with E-state index in [-0.39, 0.29) is 11.6 Å². The van der Waals surface area contributed by atoms with Crippen LogP contribution in [0.5, 0.6) is 0 Å². The Kier molecular flexibility index (Phi) is 4.95. The molecule has 122 valence electrons. The Morgan fingerprint density at radius 3 is 2.54 bits per heavy atom. The van der Waals surface area contributed by atoms with Crippen molar-refractivity contribution in [2.24, 2.45) is 0 Å². The van der Waals surface area contributed by atoms with Crippen LogP contribution < -0.4 is 5.32 Å². The SMILES string of the molecule is O=C(NCCc1ccc(F)cc1)c1nnn(-c2ccc(Br)cc2)n1. The lowest BCUT2D eigenvalue weighted by Gasteiger charge is -2.02. The molecule has 1 aromatic heterocycles. The number of nitrogens with zero attached hydrogens (tertiary/aromatic N) is 4. The molecular formula is C16H13BrFN5O. The molecule has 0 saturated carbocycles. The van der Waals surface area contributed by atoms with Crippen LogP contribution in [0.2, 0.25) is 0 Å². The smallest absolute Gasteiger partial charge is 0.292 e. The van der Waals surface area contributed by atoms with Crippen LogP contribution in [0, 0.1) is 5.82 Å². The minimum Gasteiger partial charge on any atom is -0.349 e. The molecule has 1 amide bonds. The Labute approximate surface area is 145 Å². The van der Waals surface area contributed by atoms with Gasteiger partial charge in [0.15, 0.2) is 0 Å². The van der Waals surface area contributed by atoms with Crippen LogP contribution in [-0.2, 0) is 6.42 Å². The Balaban J connectivity index is 1.57. The molecule has 0 unspecified atom stereocenters. The summed E-state index contributed by atoms with van der Waals surface area (Å²) >= 11 is 3.35. The number of rotatable bonds is 5. The van der Waals surface area contributed by atoms with Gasteiger partial charge >= 0.3 is 0 Å². The van der Waals surface area contributed by atoms with E-state index in [1.807, 2.05) is 24.3 Å². The van der Waals surface area contributed by atoms with Crippen molar-refractivity contribution in [2.75, 3.05) is 6.54 Å². The third-order valence-corrected chi connectivity index (χ3v) is 3.82. The van der Waals surface area contributed by atoms with E-state index in [1.165, 1.54) is 16.9 Å². The first kappa shape index (κ1) is 16.3. The molecule has 0 atom stereocenters. The summed E-state index contributed by atoms with van der Waals surface area (Å²) in [4.78, 5) is 13.3. The zero-order chi connectivity index (χ0) is 16.9. The molecule has 2 aromatic carbocycles. The number of aromatic nitrogens is 4. The van der Waals surface area contributed by atoms with E-state index in [0.29, 0.717) is 18.7 Å². The highest BCUT2D eigenvalue weighted by Crippen LogP contribution is 2.12. The first-order valence-corrected chi connectivity index (χ1v) is 8.00.